The maximum atomic E-state index is 6.02. The van der Waals surface area contributed by atoms with Crippen molar-refractivity contribution in [3.63, 3.8) is 0 Å². The lowest BCUT2D eigenvalue weighted by molar-refractivity contribution is 0.105. The number of nitrogens with two attached hydrogens (primary N) is 1. The standard InChI is InChI=1S/C14H20ClN5O/c1-10(2)9-21-5-3-4-20-14(17-18-19-20)11-6-12(15)8-13(16)7-11/h6-8,10H,3-5,9,16H2,1-2H3. The summed E-state index contributed by atoms with van der Waals surface area (Å²) >= 11 is 6.02. The molecule has 0 amide bonds. The second kappa shape index (κ2) is 7.38. The highest BCUT2D eigenvalue weighted by Crippen LogP contribution is 2.24. The van der Waals surface area contributed by atoms with Crippen LogP contribution in [0.15, 0.2) is 18.2 Å². The monoisotopic (exact) mass is 309 g/mol. The Morgan fingerprint density at radius 1 is 1.33 bits per heavy atom. The van der Waals surface area contributed by atoms with Crippen molar-refractivity contribution in [1.82, 2.24) is 20.2 Å². The Morgan fingerprint density at radius 2 is 2.14 bits per heavy atom. The number of aryl methyl sites for hydroxylation is 1. The first kappa shape index (κ1) is 15.7. The number of hydrogen-bond acceptors (Lipinski definition) is 5. The quantitative estimate of drug-likeness (QED) is 0.628. The maximum Gasteiger partial charge on any atom is 0.182 e. The van der Waals surface area contributed by atoms with Crippen molar-refractivity contribution in [2.45, 2.75) is 26.8 Å². The first-order valence-corrected chi connectivity index (χ1v) is 7.34. The van der Waals surface area contributed by atoms with Crippen molar-refractivity contribution in [2.24, 2.45) is 5.92 Å². The number of hydrogen-bond donors (Lipinski definition) is 1. The number of ether oxygens (including phenoxy) is 1. The van der Waals surface area contributed by atoms with E-state index in [0.29, 0.717) is 35.6 Å². The number of tetrazole rings is 1. The van der Waals surface area contributed by atoms with Crippen molar-refractivity contribution in [3.05, 3.63) is 23.2 Å². The van der Waals surface area contributed by atoms with Crippen LogP contribution in [0.3, 0.4) is 0 Å². The number of aromatic nitrogens is 4. The van der Waals surface area contributed by atoms with Crippen LogP contribution < -0.4 is 5.73 Å². The van der Waals surface area contributed by atoms with Crippen LogP contribution in [0.2, 0.25) is 5.02 Å². The van der Waals surface area contributed by atoms with Gasteiger partial charge in [0.2, 0.25) is 0 Å². The normalized spacial score (nSPS) is 11.2. The molecule has 0 aliphatic rings. The average molecular weight is 310 g/mol. The van der Waals surface area contributed by atoms with Crippen LogP contribution in [0.5, 0.6) is 0 Å². The van der Waals surface area contributed by atoms with E-state index >= 15 is 0 Å². The lowest BCUT2D eigenvalue weighted by Gasteiger charge is -2.08. The van der Waals surface area contributed by atoms with Crippen molar-refractivity contribution in [1.29, 1.82) is 0 Å². The first-order chi connectivity index (χ1) is 10.1. The first-order valence-electron chi connectivity index (χ1n) is 6.96. The molecule has 7 heteroatoms. The third kappa shape index (κ3) is 4.68. The summed E-state index contributed by atoms with van der Waals surface area (Å²) in [6, 6.07) is 5.30. The summed E-state index contributed by atoms with van der Waals surface area (Å²) in [6.45, 7) is 6.40. The van der Waals surface area contributed by atoms with Gasteiger partial charge >= 0.3 is 0 Å². The third-order valence-electron chi connectivity index (χ3n) is 2.82. The van der Waals surface area contributed by atoms with E-state index in [1.807, 2.05) is 6.07 Å². The molecule has 0 atom stereocenters. The zero-order valence-corrected chi connectivity index (χ0v) is 13.0. The molecule has 0 aliphatic heterocycles. The highest BCUT2D eigenvalue weighted by molar-refractivity contribution is 6.31. The molecule has 2 N–H and O–H groups in total. The van der Waals surface area contributed by atoms with E-state index < -0.39 is 0 Å². The Labute approximate surface area is 129 Å². The molecule has 2 aromatic rings. The van der Waals surface area contributed by atoms with Gasteiger partial charge in [-0.1, -0.05) is 25.4 Å². The van der Waals surface area contributed by atoms with Crippen molar-refractivity contribution in [2.75, 3.05) is 18.9 Å². The van der Waals surface area contributed by atoms with E-state index in [-0.39, 0.29) is 0 Å². The predicted molar refractivity (Wildman–Crippen MR) is 82.9 cm³/mol. The van der Waals surface area contributed by atoms with Gasteiger partial charge in [0, 0.05) is 36.0 Å². The molecule has 1 heterocycles. The highest BCUT2D eigenvalue weighted by Gasteiger charge is 2.10. The van der Waals surface area contributed by atoms with Crippen LogP contribution in [-0.4, -0.2) is 33.4 Å². The average Bonchev–Trinajstić information content (AvgIpc) is 2.85. The fourth-order valence-electron chi connectivity index (χ4n) is 1.94. The third-order valence-corrected chi connectivity index (χ3v) is 3.04. The molecule has 1 aromatic heterocycles. The summed E-state index contributed by atoms with van der Waals surface area (Å²) in [6.07, 6.45) is 0.848. The Kier molecular flexibility index (Phi) is 5.52. The van der Waals surface area contributed by atoms with Gasteiger partial charge in [-0.15, -0.1) is 5.10 Å². The number of nitrogens with zero attached hydrogens (tertiary/aromatic N) is 4. The van der Waals surface area contributed by atoms with Crippen molar-refractivity contribution >= 4 is 17.3 Å². The summed E-state index contributed by atoms with van der Waals surface area (Å²) in [4.78, 5) is 0. The van der Waals surface area contributed by atoms with Crippen LogP contribution in [-0.2, 0) is 11.3 Å². The van der Waals surface area contributed by atoms with Crippen LogP contribution >= 0.6 is 11.6 Å². The molecule has 0 saturated heterocycles. The molecular weight excluding hydrogens is 290 g/mol. The molecule has 0 aliphatic carbocycles. The summed E-state index contributed by atoms with van der Waals surface area (Å²) in [5, 5.41) is 12.3. The van der Waals surface area contributed by atoms with Gasteiger partial charge in [-0.2, -0.15) is 0 Å². The zero-order chi connectivity index (χ0) is 15.2. The Hall–Kier alpha value is -1.66. The lowest BCUT2D eigenvalue weighted by atomic mass is 10.2. The summed E-state index contributed by atoms with van der Waals surface area (Å²) < 4.78 is 7.29. The van der Waals surface area contributed by atoms with Gasteiger partial charge in [0.25, 0.3) is 0 Å². The number of anilines is 1. The summed E-state index contributed by atoms with van der Waals surface area (Å²) in [5.41, 5.74) is 7.20. The van der Waals surface area contributed by atoms with Crippen LogP contribution in [0.1, 0.15) is 20.3 Å². The molecule has 1 aromatic carbocycles. The molecule has 114 valence electrons. The van der Waals surface area contributed by atoms with E-state index in [4.69, 9.17) is 22.1 Å². The lowest BCUT2D eigenvalue weighted by Crippen LogP contribution is -2.08. The predicted octanol–water partition coefficient (Wildman–Crippen LogP) is 2.64. The number of nitrogen functional groups attached to an aromatic ring is 1. The van der Waals surface area contributed by atoms with Gasteiger partial charge in [0.15, 0.2) is 5.82 Å². The summed E-state index contributed by atoms with van der Waals surface area (Å²) in [5.74, 6) is 1.20. The van der Waals surface area contributed by atoms with E-state index in [1.165, 1.54) is 0 Å². The molecular formula is C14H20ClN5O. The molecule has 21 heavy (non-hydrogen) atoms. The largest absolute Gasteiger partial charge is 0.399 e. The fraction of sp³-hybridized carbons (Fsp3) is 0.500. The van der Waals surface area contributed by atoms with Crippen LogP contribution in [0.4, 0.5) is 5.69 Å². The van der Waals surface area contributed by atoms with Gasteiger partial charge in [-0.05, 0) is 41.0 Å². The van der Waals surface area contributed by atoms with Gasteiger partial charge in [0.05, 0.1) is 0 Å². The minimum Gasteiger partial charge on any atom is -0.399 e. The molecule has 6 nitrogen and oxygen atoms in total. The van der Waals surface area contributed by atoms with Crippen molar-refractivity contribution < 1.29 is 4.74 Å². The topological polar surface area (TPSA) is 78.8 Å². The molecule has 0 unspecified atom stereocenters. The molecule has 0 bridgehead atoms. The highest BCUT2D eigenvalue weighted by atomic mass is 35.5. The summed E-state index contributed by atoms with van der Waals surface area (Å²) in [7, 11) is 0. The molecule has 0 radical (unpaired) electrons. The Bertz CT molecular complexity index is 564. The van der Waals surface area contributed by atoms with Gasteiger partial charge in [-0.25, -0.2) is 4.68 Å². The fourth-order valence-corrected chi connectivity index (χ4v) is 2.18. The van der Waals surface area contributed by atoms with E-state index in [2.05, 4.69) is 29.4 Å². The van der Waals surface area contributed by atoms with E-state index in [0.717, 1.165) is 18.6 Å². The minimum atomic E-state index is 0.544. The SMILES string of the molecule is CC(C)COCCCn1nnnc1-c1cc(N)cc(Cl)c1. The van der Waals surface area contributed by atoms with E-state index in [9.17, 15) is 0 Å². The molecule has 0 spiro atoms. The Morgan fingerprint density at radius 3 is 2.86 bits per heavy atom. The Balaban J connectivity index is 1.98. The molecule has 2 rings (SSSR count). The van der Waals surface area contributed by atoms with Gasteiger partial charge < -0.3 is 10.5 Å². The number of halogens is 1. The van der Waals surface area contributed by atoms with Gasteiger partial charge in [-0.3, -0.25) is 0 Å². The second-order valence-corrected chi connectivity index (χ2v) is 5.76. The maximum absolute atomic E-state index is 6.02. The zero-order valence-electron chi connectivity index (χ0n) is 12.3. The van der Waals surface area contributed by atoms with E-state index in [1.54, 1.807) is 16.8 Å². The molecule has 0 fully saturated rings. The van der Waals surface area contributed by atoms with Crippen LogP contribution in [0.25, 0.3) is 11.4 Å². The van der Waals surface area contributed by atoms with Crippen molar-refractivity contribution in [3.8, 4) is 11.4 Å². The van der Waals surface area contributed by atoms with Gasteiger partial charge in [0.1, 0.15) is 0 Å². The van der Waals surface area contributed by atoms with Crippen LogP contribution in [0, 0.1) is 5.92 Å². The molecule has 0 saturated carbocycles. The smallest absolute Gasteiger partial charge is 0.182 e. The number of rotatable bonds is 7. The minimum absolute atomic E-state index is 0.544. The number of benzene rings is 1. The second-order valence-electron chi connectivity index (χ2n) is 5.32.